The SMILES string of the molecule is COc1cccc(C(=O)Nc2ccc3c(c2)N(C(=O)c2ccco2)CCC3)c1OC. The zero-order valence-corrected chi connectivity index (χ0v) is 16.8. The van der Waals surface area contributed by atoms with E-state index < -0.39 is 0 Å². The normalized spacial score (nSPS) is 12.8. The fraction of sp³-hybridized carbons (Fsp3) is 0.217. The van der Waals surface area contributed by atoms with Crippen LogP contribution >= 0.6 is 0 Å². The number of methoxy groups -OCH3 is 2. The third-order valence-electron chi connectivity index (χ3n) is 5.09. The third kappa shape index (κ3) is 3.61. The number of nitrogens with zero attached hydrogens (tertiary/aromatic N) is 1. The molecule has 154 valence electrons. The van der Waals surface area contributed by atoms with Crippen molar-refractivity contribution in [2.24, 2.45) is 0 Å². The number of furan rings is 1. The molecule has 0 unspecified atom stereocenters. The number of aryl methyl sites for hydroxylation is 1. The molecule has 1 aliphatic heterocycles. The van der Waals surface area contributed by atoms with Gasteiger partial charge in [-0.25, -0.2) is 0 Å². The summed E-state index contributed by atoms with van der Waals surface area (Å²) < 4.78 is 15.9. The van der Waals surface area contributed by atoms with Crippen LogP contribution in [0.4, 0.5) is 11.4 Å². The number of amides is 2. The lowest BCUT2D eigenvalue weighted by atomic mass is 10.0. The number of ether oxygens (including phenoxy) is 2. The number of para-hydroxylation sites is 1. The van der Waals surface area contributed by atoms with Crippen molar-refractivity contribution in [3.8, 4) is 11.5 Å². The van der Waals surface area contributed by atoms with Gasteiger partial charge in [0.05, 0.1) is 26.0 Å². The van der Waals surface area contributed by atoms with Gasteiger partial charge in [0.25, 0.3) is 11.8 Å². The Morgan fingerprint density at radius 3 is 2.67 bits per heavy atom. The van der Waals surface area contributed by atoms with Crippen molar-refractivity contribution in [1.29, 1.82) is 0 Å². The molecule has 1 aromatic heterocycles. The summed E-state index contributed by atoms with van der Waals surface area (Å²) in [7, 11) is 3.01. The Hall–Kier alpha value is -3.74. The fourth-order valence-electron chi connectivity index (χ4n) is 3.66. The van der Waals surface area contributed by atoms with E-state index in [0.29, 0.717) is 35.1 Å². The molecule has 0 atom stereocenters. The molecule has 7 heteroatoms. The summed E-state index contributed by atoms with van der Waals surface area (Å²) >= 11 is 0. The first-order valence-corrected chi connectivity index (χ1v) is 9.63. The zero-order chi connectivity index (χ0) is 21.1. The molecule has 2 aromatic carbocycles. The Kier molecular flexibility index (Phi) is 5.43. The van der Waals surface area contributed by atoms with Crippen LogP contribution in [0.25, 0.3) is 0 Å². The monoisotopic (exact) mass is 406 g/mol. The number of carbonyl (C=O) groups is 2. The Morgan fingerprint density at radius 2 is 1.93 bits per heavy atom. The molecule has 2 amide bonds. The largest absolute Gasteiger partial charge is 0.493 e. The Labute approximate surface area is 174 Å². The molecule has 0 fully saturated rings. The van der Waals surface area contributed by atoms with E-state index in [1.165, 1.54) is 20.5 Å². The van der Waals surface area contributed by atoms with Gasteiger partial charge < -0.3 is 24.1 Å². The highest BCUT2D eigenvalue weighted by Crippen LogP contribution is 2.33. The van der Waals surface area contributed by atoms with Crippen LogP contribution in [0.5, 0.6) is 11.5 Å². The molecule has 0 aliphatic carbocycles. The van der Waals surface area contributed by atoms with Gasteiger partial charge in [-0.1, -0.05) is 12.1 Å². The highest BCUT2D eigenvalue weighted by molar-refractivity contribution is 6.08. The molecular formula is C23H22N2O5. The van der Waals surface area contributed by atoms with E-state index in [1.807, 2.05) is 18.2 Å². The van der Waals surface area contributed by atoms with E-state index >= 15 is 0 Å². The van der Waals surface area contributed by atoms with E-state index in [2.05, 4.69) is 5.32 Å². The lowest BCUT2D eigenvalue weighted by molar-refractivity contribution is 0.0957. The molecule has 3 aromatic rings. The molecule has 0 radical (unpaired) electrons. The average molecular weight is 406 g/mol. The number of fused-ring (bicyclic) bond motifs is 1. The van der Waals surface area contributed by atoms with Crippen molar-refractivity contribution in [2.75, 3.05) is 31.0 Å². The van der Waals surface area contributed by atoms with Crippen LogP contribution in [0.15, 0.2) is 59.2 Å². The molecule has 1 aliphatic rings. The van der Waals surface area contributed by atoms with Crippen LogP contribution in [0.1, 0.15) is 32.9 Å². The zero-order valence-electron chi connectivity index (χ0n) is 16.8. The van der Waals surface area contributed by atoms with E-state index in [4.69, 9.17) is 13.9 Å². The molecule has 4 rings (SSSR count). The predicted octanol–water partition coefficient (Wildman–Crippen LogP) is 4.14. The van der Waals surface area contributed by atoms with E-state index in [-0.39, 0.29) is 11.8 Å². The van der Waals surface area contributed by atoms with Gasteiger partial charge in [-0.05, 0) is 54.8 Å². The Morgan fingerprint density at radius 1 is 1.07 bits per heavy atom. The summed E-state index contributed by atoms with van der Waals surface area (Å²) in [6.07, 6.45) is 3.22. The van der Waals surface area contributed by atoms with Crippen LogP contribution in [-0.4, -0.2) is 32.6 Å². The molecule has 1 N–H and O–H groups in total. The van der Waals surface area contributed by atoms with E-state index in [1.54, 1.807) is 35.2 Å². The molecule has 0 saturated carbocycles. The molecule has 7 nitrogen and oxygen atoms in total. The predicted molar refractivity (Wildman–Crippen MR) is 113 cm³/mol. The standard InChI is InChI=1S/C23H22N2O5/c1-28-19-8-3-7-17(21(19)29-2)22(26)24-16-11-10-15-6-4-12-25(18(15)14-16)23(27)20-9-5-13-30-20/h3,5,7-11,13-14H,4,6,12H2,1-2H3,(H,24,26). The van der Waals surface area contributed by atoms with Crippen molar-refractivity contribution >= 4 is 23.2 Å². The summed E-state index contributed by atoms with van der Waals surface area (Å²) in [5.41, 5.74) is 2.78. The van der Waals surface area contributed by atoms with Gasteiger partial charge in [0, 0.05) is 17.9 Å². The van der Waals surface area contributed by atoms with Crippen LogP contribution < -0.4 is 19.7 Å². The number of anilines is 2. The van der Waals surface area contributed by atoms with Crippen molar-refractivity contribution < 1.29 is 23.5 Å². The molecule has 0 saturated heterocycles. The lowest BCUT2D eigenvalue weighted by Gasteiger charge is -2.29. The number of benzene rings is 2. The van der Waals surface area contributed by atoms with Gasteiger partial charge in [-0.2, -0.15) is 0 Å². The Balaban J connectivity index is 1.62. The maximum atomic E-state index is 12.9. The molecule has 30 heavy (non-hydrogen) atoms. The van der Waals surface area contributed by atoms with Crippen LogP contribution in [0.2, 0.25) is 0 Å². The smallest absolute Gasteiger partial charge is 0.293 e. The minimum atomic E-state index is -0.328. The number of nitrogens with one attached hydrogen (secondary N) is 1. The lowest BCUT2D eigenvalue weighted by Crippen LogP contribution is -2.35. The van der Waals surface area contributed by atoms with E-state index in [9.17, 15) is 9.59 Å². The van der Waals surface area contributed by atoms with Gasteiger partial charge in [-0.15, -0.1) is 0 Å². The molecule has 0 bridgehead atoms. The third-order valence-corrected chi connectivity index (χ3v) is 5.09. The summed E-state index contributed by atoms with van der Waals surface area (Å²) in [6, 6.07) is 14.1. The summed E-state index contributed by atoms with van der Waals surface area (Å²) in [6.45, 7) is 0.591. The maximum Gasteiger partial charge on any atom is 0.293 e. The summed E-state index contributed by atoms with van der Waals surface area (Å²) in [4.78, 5) is 27.4. The van der Waals surface area contributed by atoms with E-state index in [0.717, 1.165) is 24.1 Å². The first kappa shape index (κ1) is 19.6. The minimum absolute atomic E-state index is 0.195. The second kappa shape index (κ2) is 8.32. The number of rotatable bonds is 5. The van der Waals surface area contributed by atoms with Gasteiger partial charge in [0.1, 0.15) is 0 Å². The maximum absolute atomic E-state index is 12.9. The second-order valence-corrected chi connectivity index (χ2v) is 6.88. The van der Waals surface area contributed by atoms with Gasteiger partial charge in [0.15, 0.2) is 17.3 Å². The van der Waals surface area contributed by atoms with Crippen molar-refractivity contribution in [3.63, 3.8) is 0 Å². The fourth-order valence-corrected chi connectivity index (χ4v) is 3.66. The first-order chi connectivity index (χ1) is 14.6. The average Bonchev–Trinajstić information content (AvgIpc) is 3.32. The van der Waals surface area contributed by atoms with Crippen molar-refractivity contribution in [2.45, 2.75) is 12.8 Å². The van der Waals surface area contributed by atoms with Gasteiger partial charge in [-0.3, -0.25) is 9.59 Å². The van der Waals surface area contributed by atoms with Gasteiger partial charge in [0.2, 0.25) is 0 Å². The number of hydrogen-bond donors (Lipinski definition) is 1. The van der Waals surface area contributed by atoms with Gasteiger partial charge >= 0.3 is 0 Å². The number of carbonyl (C=O) groups excluding carboxylic acids is 2. The van der Waals surface area contributed by atoms with Crippen molar-refractivity contribution in [3.05, 3.63) is 71.7 Å². The molecule has 0 spiro atoms. The van der Waals surface area contributed by atoms with Crippen molar-refractivity contribution in [1.82, 2.24) is 0 Å². The highest BCUT2D eigenvalue weighted by Gasteiger charge is 2.26. The second-order valence-electron chi connectivity index (χ2n) is 6.88. The van der Waals surface area contributed by atoms with Crippen LogP contribution in [0.3, 0.4) is 0 Å². The molecular weight excluding hydrogens is 384 g/mol. The van der Waals surface area contributed by atoms with Crippen LogP contribution in [-0.2, 0) is 6.42 Å². The van der Waals surface area contributed by atoms with Crippen LogP contribution in [0, 0.1) is 0 Å². The quantitative estimate of drug-likeness (QED) is 0.689. The Bertz CT molecular complexity index is 1080. The minimum Gasteiger partial charge on any atom is -0.493 e. The number of hydrogen-bond acceptors (Lipinski definition) is 5. The highest BCUT2D eigenvalue weighted by atomic mass is 16.5. The summed E-state index contributed by atoms with van der Waals surface area (Å²) in [5, 5.41) is 2.89. The molecule has 2 heterocycles. The topological polar surface area (TPSA) is 81.0 Å². The first-order valence-electron chi connectivity index (χ1n) is 9.63. The summed E-state index contributed by atoms with van der Waals surface area (Å²) in [5.74, 6) is 0.610.